The Hall–Kier alpha value is -1.16. The van der Waals surface area contributed by atoms with Gasteiger partial charge in [0.05, 0.1) is 0 Å². The van der Waals surface area contributed by atoms with Gasteiger partial charge < -0.3 is 10.2 Å². The van der Waals surface area contributed by atoms with Crippen LogP contribution in [0.25, 0.3) is 0 Å². The standard InChI is InChI=1S/C19H30O3S/c1-9-19(8,16(21)22)23-12-10-13(17(2,3)4)15(20)14(11-12)18(5,6)7/h10-11,20H,9H2,1-8H3,(H,21,22). The van der Waals surface area contributed by atoms with E-state index in [1.807, 2.05) is 19.1 Å². The van der Waals surface area contributed by atoms with Crippen LogP contribution in [-0.4, -0.2) is 20.9 Å². The summed E-state index contributed by atoms with van der Waals surface area (Å²) in [5, 5.41) is 20.3. The summed E-state index contributed by atoms with van der Waals surface area (Å²) >= 11 is 1.36. The number of benzene rings is 1. The fraction of sp³-hybridized carbons (Fsp3) is 0.632. The quantitative estimate of drug-likeness (QED) is 0.728. The lowest BCUT2D eigenvalue weighted by Crippen LogP contribution is -2.30. The van der Waals surface area contributed by atoms with Crippen LogP contribution in [0.3, 0.4) is 0 Å². The maximum atomic E-state index is 11.6. The molecule has 130 valence electrons. The number of carboxylic acids is 1. The number of aliphatic carboxylic acids is 1. The van der Waals surface area contributed by atoms with Gasteiger partial charge >= 0.3 is 5.97 Å². The van der Waals surface area contributed by atoms with Crippen molar-refractivity contribution >= 4 is 17.7 Å². The normalized spacial score (nSPS) is 15.3. The van der Waals surface area contributed by atoms with Crippen molar-refractivity contribution in [3.8, 4) is 5.75 Å². The lowest BCUT2D eigenvalue weighted by Gasteiger charge is -2.30. The van der Waals surface area contributed by atoms with Gasteiger partial charge in [0.1, 0.15) is 10.5 Å². The first kappa shape index (κ1) is 19.9. The third-order valence-electron chi connectivity index (χ3n) is 4.17. The van der Waals surface area contributed by atoms with E-state index in [9.17, 15) is 15.0 Å². The van der Waals surface area contributed by atoms with E-state index in [0.29, 0.717) is 12.2 Å². The molecule has 1 aromatic rings. The van der Waals surface area contributed by atoms with Gasteiger partial charge in [0.2, 0.25) is 0 Å². The highest BCUT2D eigenvalue weighted by Gasteiger charge is 2.34. The van der Waals surface area contributed by atoms with Gasteiger partial charge in [-0.3, -0.25) is 4.79 Å². The molecule has 0 fully saturated rings. The van der Waals surface area contributed by atoms with Crippen molar-refractivity contribution in [2.24, 2.45) is 0 Å². The van der Waals surface area contributed by atoms with E-state index in [-0.39, 0.29) is 10.8 Å². The Morgan fingerprint density at radius 3 is 1.65 bits per heavy atom. The minimum absolute atomic E-state index is 0.216. The average molecular weight is 339 g/mol. The molecule has 0 saturated heterocycles. The summed E-state index contributed by atoms with van der Waals surface area (Å²) in [5.74, 6) is -0.490. The second-order valence-corrected chi connectivity index (χ2v) is 9.94. The van der Waals surface area contributed by atoms with Gasteiger partial charge in [0, 0.05) is 16.0 Å². The third kappa shape index (κ3) is 4.43. The molecule has 0 spiro atoms. The molecular weight excluding hydrogens is 308 g/mol. The van der Waals surface area contributed by atoms with Crippen molar-refractivity contribution in [1.29, 1.82) is 0 Å². The van der Waals surface area contributed by atoms with Gasteiger partial charge in [-0.25, -0.2) is 0 Å². The van der Waals surface area contributed by atoms with Crippen LogP contribution in [0.1, 0.15) is 72.9 Å². The fourth-order valence-electron chi connectivity index (χ4n) is 2.34. The van der Waals surface area contributed by atoms with Gasteiger partial charge in [0.15, 0.2) is 0 Å². The molecule has 0 aromatic heterocycles. The Kier molecular flexibility index (Phi) is 5.52. The molecule has 0 amide bonds. The minimum Gasteiger partial charge on any atom is -0.507 e. The fourth-order valence-corrected chi connectivity index (χ4v) is 3.44. The van der Waals surface area contributed by atoms with Crippen molar-refractivity contribution in [2.75, 3.05) is 0 Å². The SMILES string of the molecule is CCC(C)(Sc1cc(C(C)(C)C)c(O)c(C(C)(C)C)c1)C(=O)O. The number of thioether (sulfide) groups is 1. The largest absolute Gasteiger partial charge is 0.507 e. The lowest BCUT2D eigenvalue weighted by atomic mass is 9.79. The molecule has 0 heterocycles. The molecule has 1 unspecified atom stereocenters. The Bertz CT molecular complexity index is 559. The van der Waals surface area contributed by atoms with Crippen molar-refractivity contribution in [2.45, 2.75) is 82.3 Å². The van der Waals surface area contributed by atoms with E-state index in [2.05, 4.69) is 41.5 Å². The van der Waals surface area contributed by atoms with Gasteiger partial charge in [-0.15, -0.1) is 11.8 Å². The summed E-state index contributed by atoms with van der Waals surface area (Å²) in [7, 11) is 0. The molecule has 23 heavy (non-hydrogen) atoms. The van der Waals surface area contributed by atoms with E-state index in [1.165, 1.54) is 11.8 Å². The highest BCUT2D eigenvalue weighted by molar-refractivity contribution is 8.01. The second kappa shape index (κ2) is 6.39. The number of aromatic hydroxyl groups is 1. The van der Waals surface area contributed by atoms with E-state index >= 15 is 0 Å². The summed E-state index contributed by atoms with van der Waals surface area (Å²) in [5.41, 5.74) is 1.28. The lowest BCUT2D eigenvalue weighted by molar-refractivity contribution is -0.139. The zero-order chi connectivity index (χ0) is 18.2. The minimum atomic E-state index is -0.874. The third-order valence-corrected chi connectivity index (χ3v) is 5.55. The monoisotopic (exact) mass is 338 g/mol. The van der Waals surface area contributed by atoms with Crippen molar-refractivity contribution in [3.63, 3.8) is 0 Å². The topological polar surface area (TPSA) is 57.5 Å². The van der Waals surface area contributed by atoms with Crippen LogP contribution in [0.15, 0.2) is 17.0 Å². The predicted molar refractivity (Wildman–Crippen MR) is 97.7 cm³/mol. The van der Waals surface area contributed by atoms with E-state index in [4.69, 9.17) is 0 Å². The number of rotatable bonds is 4. The first-order valence-electron chi connectivity index (χ1n) is 8.02. The van der Waals surface area contributed by atoms with Crippen LogP contribution < -0.4 is 0 Å². The Balaban J connectivity index is 3.54. The number of carbonyl (C=O) groups is 1. The van der Waals surface area contributed by atoms with Crippen molar-refractivity contribution in [3.05, 3.63) is 23.3 Å². The smallest absolute Gasteiger partial charge is 0.319 e. The summed E-state index contributed by atoms with van der Waals surface area (Å²) in [6.45, 7) is 16.0. The Morgan fingerprint density at radius 2 is 1.39 bits per heavy atom. The molecule has 0 aliphatic rings. The van der Waals surface area contributed by atoms with Crippen molar-refractivity contribution in [1.82, 2.24) is 0 Å². The first-order chi connectivity index (χ1) is 10.2. The van der Waals surface area contributed by atoms with Crippen LogP contribution in [0.4, 0.5) is 0 Å². The Labute approximate surface area is 144 Å². The van der Waals surface area contributed by atoms with Gasteiger partial charge in [-0.2, -0.15) is 0 Å². The molecule has 0 aliphatic heterocycles. The molecule has 1 rings (SSSR count). The molecule has 0 saturated carbocycles. The van der Waals surface area contributed by atoms with E-state index < -0.39 is 10.7 Å². The zero-order valence-corrected chi connectivity index (χ0v) is 16.4. The Morgan fingerprint density at radius 1 is 1.00 bits per heavy atom. The van der Waals surface area contributed by atoms with E-state index in [1.54, 1.807) is 6.92 Å². The zero-order valence-electron chi connectivity index (χ0n) is 15.6. The van der Waals surface area contributed by atoms with Crippen LogP contribution in [0, 0.1) is 0 Å². The molecule has 4 heteroatoms. The molecule has 1 aromatic carbocycles. The maximum absolute atomic E-state index is 11.6. The first-order valence-corrected chi connectivity index (χ1v) is 8.84. The highest BCUT2D eigenvalue weighted by atomic mass is 32.2. The highest BCUT2D eigenvalue weighted by Crippen LogP contribution is 2.44. The number of hydrogen-bond donors (Lipinski definition) is 2. The van der Waals surface area contributed by atoms with Crippen LogP contribution in [0.5, 0.6) is 5.75 Å². The molecule has 2 N–H and O–H groups in total. The summed E-state index contributed by atoms with van der Waals surface area (Å²) in [6, 6.07) is 3.87. The molecule has 0 bridgehead atoms. The summed E-state index contributed by atoms with van der Waals surface area (Å²) < 4.78 is -0.874. The molecular formula is C19H30O3S. The molecule has 0 radical (unpaired) electrons. The number of carboxylic acid groups (broad SMARTS) is 1. The molecule has 1 atom stereocenters. The molecule has 3 nitrogen and oxygen atoms in total. The van der Waals surface area contributed by atoms with Crippen molar-refractivity contribution < 1.29 is 15.0 Å². The average Bonchev–Trinajstić information content (AvgIpc) is 2.37. The van der Waals surface area contributed by atoms with Crippen LogP contribution >= 0.6 is 11.8 Å². The van der Waals surface area contributed by atoms with Gasteiger partial charge in [-0.1, -0.05) is 48.5 Å². The van der Waals surface area contributed by atoms with Gasteiger partial charge in [0.25, 0.3) is 0 Å². The maximum Gasteiger partial charge on any atom is 0.319 e. The summed E-state index contributed by atoms with van der Waals surface area (Å²) in [4.78, 5) is 12.5. The number of phenols is 1. The van der Waals surface area contributed by atoms with E-state index in [0.717, 1.165) is 16.0 Å². The summed E-state index contributed by atoms with van der Waals surface area (Å²) in [6.07, 6.45) is 0.531. The van der Waals surface area contributed by atoms with Crippen LogP contribution in [0.2, 0.25) is 0 Å². The predicted octanol–water partition coefficient (Wildman–Crippen LogP) is 5.33. The van der Waals surface area contributed by atoms with Crippen LogP contribution in [-0.2, 0) is 15.6 Å². The second-order valence-electron chi connectivity index (χ2n) is 8.36. The molecule has 0 aliphatic carbocycles. The van der Waals surface area contributed by atoms with Gasteiger partial charge in [-0.05, 0) is 36.3 Å². The number of hydrogen-bond acceptors (Lipinski definition) is 3. The number of phenolic OH excluding ortho intramolecular Hbond substituents is 1.